The molecule has 0 radical (unpaired) electrons. The summed E-state index contributed by atoms with van der Waals surface area (Å²) in [5, 5.41) is 7.82. The van der Waals surface area contributed by atoms with Crippen LogP contribution in [0.15, 0.2) is 27.7 Å². The summed E-state index contributed by atoms with van der Waals surface area (Å²) < 4.78 is 9.05. The first-order chi connectivity index (χ1) is 19.4. The van der Waals surface area contributed by atoms with E-state index in [2.05, 4.69) is 31.3 Å². The first kappa shape index (κ1) is 26.9. The molecule has 216 valence electrons. The maximum Gasteiger partial charge on any atom is 0.410 e. The van der Waals surface area contributed by atoms with Crippen molar-refractivity contribution in [3.05, 3.63) is 55.1 Å². The van der Waals surface area contributed by atoms with Crippen molar-refractivity contribution in [2.75, 3.05) is 18.4 Å². The number of fused-ring (bicyclic) bond motifs is 6. The number of anilines is 1. The SMILES string of the molecule is CC(C)(C)OC(=O)N1CCC2(CC1)c1c(n(CC(=O)Nc3ccc(C4CC4)cc3Cl)c3nc(Br)nn3c1=O)[C@H]1C[C@H]12. The highest BCUT2D eigenvalue weighted by molar-refractivity contribution is 9.10. The van der Waals surface area contributed by atoms with Gasteiger partial charge in [0.1, 0.15) is 12.1 Å². The fraction of sp³-hybridized carbons (Fsp3) is 0.552. The highest BCUT2D eigenvalue weighted by Crippen LogP contribution is 2.67. The summed E-state index contributed by atoms with van der Waals surface area (Å²) in [5.41, 5.74) is 2.22. The van der Waals surface area contributed by atoms with Crippen molar-refractivity contribution in [2.24, 2.45) is 5.92 Å². The third-order valence-electron chi connectivity index (χ3n) is 9.03. The average molecular weight is 644 g/mol. The average Bonchev–Trinajstić information content (AvgIpc) is 3.82. The Balaban J connectivity index is 1.21. The first-order valence-electron chi connectivity index (χ1n) is 14.2. The quantitative estimate of drug-likeness (QED) is 0.418. The maximum atomic E-state index is 13.9. The Bertz CT molecular complexity index is 1660. The number of halogens is 2. The van der Waals surface area contributed by atoms with E-state index in [1.54, 1.807) is 4.90 Å². The van der Waals surface area contributed by atoms with Gasteiger partial charge in [-0.3, -0.25) is 9.59 Å². The molecular formula is C29H32BrClN6O4. The van der Waals surface area contributed by atoms with Crippen LogP contribution in [0, 0.1) is 5.92 Å². The van der Waals surface area contributed by atoms with Crippen LogP contribution in [-0.2, 0) is 21.5 Å². The Morgan fingerprint density at radius 1 is 1.22 bits per heavy atom. The van der Waals surface area contributed by atoms with E-state index in [9.17, 15) is 14.4 Å². The van der Waals surface area contributed by atoms with Gasteiger partial charge < -0.3 is 19.5 Å². The summed E-state index contributed by atoms with van der Waals surface area (Å²) in [6.45, 7) is 6.56. The predicted octanol–water partition coefficient (Wildman–Crippen LogP) is 5.21. The Hall–Kier alpha value is -2.92. The van der Waals surface area contributed by atoms with Crippen molar-refractivity contribution in [2.45, 2.75) is 82.3 Å². The number of carbonyl (C=O) groups is 2. The van der Waals surface area contributed by atoms with Crippen LogP contribution in [0.25, 0.3) is 5.78 Å². The number of carbonyl (C=O) groups excluding carboxylic acids is 2. The van der Waals surface area contributed by atoms with Gasteiger partial charge in [-0.05, 0) is 98.3 Å². The number of benzene rings is 1. The van der Waals surface area contributed by atoms with Gasteiger partial charge in [0.2, 0.25) is 16.4 Å². The van der Waals surface area contributed by atoms with E-state index >= 15 is 0 Å². The molecule has 1 saturated heterocycles. The van der Waals surface area contributed by atoms with Crippen LogP contribution in [0.1, 0.15) is 81.5 Å². The minimum atomic E-state index is -0.572. The van der Waals surface area contributed by atoms with Crippen LogP contribution < -0.4 is 10.9 Å². The molecule has 3 heterocycles. The number of amides is 2. The number of hydrogen-bond acceptors (Lipinski definition) is 6. The molecule has 12 heteroatoms. The van der Waals surface area contributed by atoms with Crippen molar-refractivity contribution in [1.29, 1.82) is 0 Å². The summed E-state index contributed by atoms with van der Waals surface area (Å²) in [5.74, 6) is 1.10. The number of likely N-dealkylation sites (tertiary alicyclic amines) is 1. The highest BCUT2D eigenvalue weighted by atomic mass is 79.9. The van der Waals surface area contributed by atoms with E-state index < -0.39 is 5.60 Å². The number of rotatable bonds is 4. The monoisotopic (exact) mass is 642 g/mol. The smallest absolute Gasteiger partial charge is 0.410 e. The van der Waals surface area contributed by atoms with E-state index in [1.807, 2.05) is 43.5 Å². The fourth-order valence-electron chi connectivity index (χ4n) is 7.02. The predicted molar refractivity (Wildman–Crippen MR) is 157 cm³/mol. The van der Waals surface area contributed by atoms with Crippen molar-refractivity contribution < 1.29 is 14.3 Å². The summed E-state index contributed by atoms with van der Waals surface area (Å²) in [6, 6.07) is 5.81. The topological polar surface area (TPSA) is 111 Å². The molecule has 3 aromatic rings. The Morgan fingerprint density at radius 3 is 2.61 bits per heavy atom. The van der Waals surface area contributed by atoms with Crippen molar-refractivity contribution >= 4 is 51.0 Å². The van der Waals surface area contributed by atoms with Crippen LogP contribution in [0.4, 0.5) is 10.5 Å². The van der Waals surface area contributed by atoms with E-state index in [4.69, 9.17) is 16.3 Å². The summed E-state index contributed by atoms with van der Waals surface area (Å²) in [4.78, 5) is 46.3. The molecule has 0 unspecified atom stereocenters. The second-order valence-electron chi connectivity index (χ2n) is 12.9. The van der Waals surface area contributed by atoms with Crippen LogP contribution in [0.2, 0.25) is 5.02 Å². The van der Waals surface area contributed by atoms with Crippen LogP contribution >= 0.6 is 27.5 Å². The largest absolute Gasteiger partial charge is 0.444 e. The lowest BCUT2D eigenvalue weighted by molar-refractivity contribution is -0.116. The minimum absolute atomic E-state index is 0.0265. The third-order valence-corrected chi connectivity index (χ3v) is 9.68. The van der Waals surface area contributed by atoms with Gasteiger partial charge in [-0.2, -0.15) is 9.50 Å². The molecule has 1 N–H and O–H groups in total. The van der Waals surface area contributed by atoms with Crippen LogP contribution in [0.3, 0.4) is 0 Å². The van der Waals surface area contributed by atoms with Gasteiger partial charge in [0.15, 0.2) is 0 Å². The van der Waals surface area contributed by atoms with Gasteiger partial charge in [0.25, 0.3) is 5.56 Å². The molecule has 3 aliphatic carbocycles. The zero-order valence-electron chi connectivity index (χ0n) is 23.2. The number of hydrogen-bond donors (Lipinski definition) is 1. The molecule has 10 nitrogen and oxygen atoms in total. The molecule has 1 spiro atoms. The van der Waals surface area contributed by atoms with E-state index in [0.29, 0.717) is 59.8 Å². The lowest BCUT2D eigenvalue weighted by atomic mass is 9.71. The summed E-state index contributed by atoms with van der Waals surface area (Å²) >= 11 is 9.85. The third kappa shape index (κ3) is 4.56. The van der Waals surface area contributed by atoms with E-state index in [0.717, 1.165) is 12.1 Å². The number of nitrogens with one attached hydrogen (secondary N) is 1. The lowest BCUT2D eigenvalue weighted by Gasteiger charge is -2.41. The van der Waals surface area contributed by atoms with Crippen molar-refractivity contribution in [3.63, 3.8) is 0 Å². The molecular weight excluding hydrogens is 612 g/mol. The van der Waals surface area contributed by atoms with Gasteiger partial charge in [0.05, 0.1) is 10.7 Å². The molecule has 2 atom stereocenters. The summed E-state index contributed by atoms with van der Waals surface area (Å²) in [7, 11) is 0. The van der Waals surface area contributed by atoms with E-state index in [1.165, 1.54) is 22.9 Å². The summed E-state index contributed by atoms with van der Waals surface area (Å²) in [6.07, 6.45) is 4.28. The fourth-order valence-corrected chi connectivity index (χ4v) is 7.58. The zero-order valence-corrected chi connectivity index (χ0v) is 25.6. The maximum absolute atomic E-state index is 13.9. The van der Waals surface area contributed by atoms with Gasteiger partial charge in [-0.1, -0.05) is 17.7 Å². The van der Waals surface area contributed by atoms with Crippen LogP contribution in [0.5, 0.6) is 0 Å². The first-order valence-corrected chi connectivity index (χ1v) is 15.4. The molecule has 2 saturated carbocycles. The Morgan fingerprint density at radius 2 is 1.95 bits per heavy atom. The zero-order chi connectivity index (χ0) is 28.8. The molecule has 2 amide bonds. The van der Waals surface area contributed by atoms with Gasteiger partial charge in [0, 0.05) is 35.7 Å². The molecule has 0 bridgehead atoms. The number of aromatic nitrogens is 4. The molecule has 7 rings (SSSR count). The van der Waals surface area contributed by atoms with Crippen molar-refractivity contribution in [3.8, 4) is 0 Å². The highest BCUT2D eigenvalue weighted by Gasteiger charge is 2.64. The number of piperidine rings is 1. The lowest BCUT2D eigenvalue weighted by Crippen LogP contribution is -2.49. The standard InChI is InChI=1S/C29H32BrClN6O4/c1-28(2,3)41-27(40)35-10-8-29(9-11-35)18-13-17(18)23-22(29)24(39)37-26(33-25(30)34-37)36(23)14-21(38)32-20-7-6-16(12-19(20)31)15-4-5-15/h6-7,12,15,17-18H,4-5,8-11,13-14H2,1-3H3,(H,32,38)/t17-,18+/m0/s1. The molecule has 1 aromatic carbocycles. The van der Waals surface area contributed by atoms with Crippen molar-refractivity contribution in [1.82, 2.24) is 24.1 Å². The Kier molecular flexibility index (Phi) is 6.11. The second-order valence-corrected chi connectivity index (χ2v) is 14.0. The van der Waals surface area contributed by atoms with Gasteiger partial charge >= 0.3 is 6.09 Å². The molecule has 1 aliphatic heterocycles. The molecule has 2 aromatic heterocycles. The van der Waals surface area contributed by atoms with Crippen LogP contribution in [-0.4, -0.2) is 54.8 Å². The van der Waals surface area contributed by atoms with Gasteiger partial charge in [-0.25, -0.2) is 4.79 Å². The van der Waals surface area contributed by atoms with Gasteiger partial charge in [-0.15, -0.1) is 5.10 Å². The molecule has 4 aliphatic rings. The number of ether oxygens (including phenoxy) is 1. The minimum Gasteiger partial charge on any atom is -0.444 e. The second kappa shape index (κ2) is 9.29. The number of nitrogens with zero attached hydrogens (tertiary/aromatic N) is 5. The Labute approximate surface area is 250 Å². The van der Waals surface area contributed by atoms with E-state index in [-0.39, 0.29) is 40.2 Å². The normalized spacial score (nSPS) is 22.5. The molecule has 41 heavy (non-hydrogen) atoms. The molecule has 3 fully saturated rings.